The van der Waals surface area contributed by atoms with Gasteiger partial charge in [-0.25, -0.2) is 14.8 Å². The van der Waals surface area contributed by atoms with Crippen molar-refractivity contribution >= 4 is 38.6 Å². The van der Waals surface area contributed by atoms with Crippen LogP contribution in [-0.2, 0) is 4.74 Å². The van der Waals surface area contributed by atoms with Gasteiger partial charge in [-0.05, 0) is 56.2 Å². The number of carbonyl (C=O) groups excluding carboxylic acids is 1. The Morgan fingerprint density at radius 2 is 1.93 bits per heavy atom. The van der Waals surface area contributed by atoms with Gasteiger partial charge in [0.1, 0.15) is 10.8 Å². The molecule has 0 saturated heterocycles. The zero-order valence-corrected chi connectivity index (χ0v) is 16.9. The van der Waals surface area contributed by atoms with Crippen molar-refractivity contribution in [1.29, 1.82) is 0 Å². The highest BCUT2D eigenvalue weighted by Gasteiger charge is 2.16. The van der Waals surface area contributed by atoms with Crippen LogP contribution in [0.15, 0.2) is 30.5 Å². The Balaban J connectivity index is 1.90. The maximum Gasteiger partial charge on any atom is 0.358 e. The van der Waals surface area contributed by atoms with E-state index >= 15 is 0 Å². The maximum absolute atomic E-state index is 12.0. The van der Waals surface area contributed by atoms with Crippen molar-refractivity contribution in [3.05, 3.63) is 47.3 Å². The van der Waals surface area contributed by atoms with E-state index in [0.717, 1.165) is 37.7 Å². The van der Waals surface area contributed by atoms with Crippen molar-refractivity contribution in [2.75, 3.05) is 13.7 Å². The van der Waals surface area contributed by atoms with Gasteiger partial charge in [-0.1, -0.05) is 0 Å². The first-order valence-electron chi connectivity index (χ1n) is 8.90. The molecule has 0 aliphatic carbocycles. The van der Waals surface area contributed by atoms with Crippen LogP contribution in [0.25, 0.3) is 31.8 Å². The molecule has 0 saturated carbocycles. The van der Waals surface area contributed by atoms with Crippen LogP contribution in [0.5, 0.6) is 5.75 Å². The van der Waals surface area contributed by atoms with Gasteiger partial charge >= 0.3 is 5.97 Å². The van der Waals surface area contributed by atoms with Crippen LogP contribution >= 0.6 is 11.3 Å². The Kier molecular flexibility index (Phi) is 4.68. The number of carbonyl (C=O) groups is 1. The van der Waals surface area contributed by atoms with Crippen molar-refractivity contribution in [3.8, 4) is 16.3 Å². The summed E-state index contributed by atoms with van der Waals surface area (Å²) in [6, 6.07) is 7.93. The fraction of sp³-hybridized carbons (Fsp3) is 0.238. The molecule has 0 atom stereocenters. The Morgan fingerprint density at radius 1 is 1.11 bits per heavy atom. The normalized spacial score (nSPS) is 11.1. The summed E-state index contributed by atoms with van der Waals surface area (Å²) < 4.78 is 11.5. The van der Waals surface area contributed by atoms with Gasteiger partial charge in [-0.2, -0.15) is 0 Å². The highest BCUT2D eigenvalue weighted by atomic mass is 32.1. The first kappa shape index (κ1) is 18.3. The van der Waals surface area contributed by atoms with Gasteiger partial charge in [0, 0.05) is 5.56 Å². The molecule has 0 aliphatic heterocycles. The smallest absolute Gasteiger partial charge is 0.358 e. The SMILES string of the molecule is CCOC(=O)c1cnc2c(-c3nc4c(C)cc(OC)cc4s3)cc(C)cc2n1. The minimum atomic E-state index is -0.470. The molecule has 0 aliphatic rings. The lowest BCUT2D eigenvalue weighted by atomic mass is 10.1. The highest BCUT2D eigenvalue weighted by Crippen LogP contribution is 2.37. The van der Waals surface area contributed by atoms with Crippen LogP contribution in [0.1, 0.15) is 28.5 Å². The average molecular weight is 393 g/mol. The fourth-order valence-corrected chi connectivity index (χ4v) is 4.22. The Morgan fingerprint density at radius 3 is 2.68 bits per heavy atom. The summed E-state index contributed by atoms with van der Waals surface area (Å²) in [6.45, 7) is 6.07. The van der Waals surface area contributed by atoms with E-state index in [1.165, 1.54) is 6.20 Å². The molecule has 4 aromatic rings. The standard InChI is InChI=1S/C21H19N3O3S/c1-5-27-21(25)16-10-22-19-14(6-11(2)7-15(19)23-16)20-24-18-12(3)8-13(26-4)9-17(18)28-20/h6-10H,5H2,1-4H3. The lowest BCUT2D eigenvalue weighted by molar-refractivity contribution is 0.0519. The molecule has 28 heavy (non-hydrogen) atoms. The van der Waals surface area contributed by atoms with E-state index in [0.29, 0.717) is 17.6 Å². The molecule has 0 unspecified atom stereocenters. The van der Waals surface area contributed by atoms with Gasteiger partial charge < -0.3 is 9.47 Å². The summed E-state index contributed by atoms with van der Waals surface area (Å²) in [5.41, 5.74) is 5.49. The van der Waals surface area contributed by atoms with Crippen LogP contribution in [0, 0.1) is 13.8 Å². The lowest BCUT2D eigenvalue weighted by Gasteiger charge is -2.06. The Hall–Kier alpha value is -3.06. The summed E-state index contributed by atoms with van der Waals surface area (Å²) in [5, 5.41) is 0.859. The van der Waals surface area contributed by atoms with E-state index in [1.807, 2.05) is 38.1 Å². The van der Waals surface area contributed by atoms with Crippen LogP contribution in [0.2, 0.25) is 0 Å². The van der Waals surface area contributed by atoms with E-state index in [1.54, 1.807) is 25.4 Å². The third-order valence-corrected chi connectivity index (χ3v) is 5.44. The summed E-state index contributed by atoms with van der Waals surface area (Å²) >= 11 is 1.59. The second-order valence-electron chi connectivity index (χ2n) is 6.47. The molecular formula is C21H19N3O3S. The number of methoxy groups -OCH3 is 1. The number of hydrogen-bond donors (Lipinski definition) is 0. The summed E-state index contributed by atoms with van der Waals surface area (Å²) in [4.78, 5) is 25.8. The number of rotatable bonds is 4. The van der Waals surface area contributed by atoms with Crippen molar-refractivity contribution in [1.82, 2.24) is 15.0 Å². The van der Waals surface area contributed by atoms with Gasteiger partial charge in [-0.15, -0.1) is 11.3 Å². The molecule has 0 amide bonds. The molecule has 0 fully saturated rings. The van der Waals surface area contributed by atoms with Gasteiger partial charge in [0.05, 0.1) is 41.2 Å². The van der Waals surface area contributed by atoms with Gasteiger partial charge in [0.25, 0.3) is 0 Å². The molecule has 7 heteroatoms. The first-order chi connectivity index (χ1) is 13.5. The molecule has 142 valence electrons. The van der Waals surface area contributed by atoms with Crippen molar-refractivity contribution in [2.45, 2.75) is 20.8 Å². The third kappa shape index (κ3) is 3.18. The minimum Gasteiger partial charge on any atom is -0.497 e. The second kappa shape index (κ2) is 7.16. The number of esters is 1. The van der Waals surface area contributed by atoms with Gasteiger partial charge in [-0.3, -0.25) is 4.98 Å². The zero-order chi connectivity index (χ0) is 19.8. The molecule has 0 N–H and O–H groups in total. The summed E-state index contributed by atoms with van der Waals surface area (Å²) in [7, 11) is 1.66. The van der Waals surface area contributed by atoms with Crippen LogP contribution in [0.3, 0.4) is 0 Å². The second-order valence-corrected chi connectivity index (χ2v) is 7.50. The number of hydrogen-bond acceptors (Lipinski definition) is 7. The molecule has 0 radical (unpaired) electrons. The zero-order valence-electron chi connectivity index (χ0n) is 16.1. The van der Waals surface area contributed by atoms with Crippen molar-refractivity contribution < 1.29 is 14.3 Å². The number of thiazole rings is 1. The van der Waals surface area contributed by atoms with Gasteiger partial charge in [0.2, 0.25) is 0 Å². The third-order valence-electron chi connectivity index (χ3n) is 4.40. The number of fused-ring (bicyclic) bond motifs is 2. The van der Waals surface area contributed by atoms with E-state index in [9.17, 15) is 4.79 Å². The van der Waals surface area contributed by atoms with E-state index < -0.39 is 5.97 Å². The summed E-state index contributed by atoms with van der Waals surface area (Å²) in [5.74, 6) is 0.343. The molecule has 2 aromatic heterocycles. The van der Waals surface area contributed by atoms with Crippen molar-refractivity contribution in [2.24, 2.45) is 0 Å². The van der Waals surface area contributed by atoms with Gasteiger partial charge in [0.15, 0.2) is 5.69 Å². The largest absolute Gasteiger partial charge is 0.497 e. The predicted octanol–water partition coefficient (Wildman–Crippen LogP) is 4.71. The van der Waals surface area contributed by atoms with E-state index in [-0.39, 0.29) is 5.69 Å². The fourth-order valence-electron chi connectivity index (χ4n) is 3.13. The quantitative estimate of drug-likeness (QED) is 0.468. The molecule has 0 bridgehead atoms. The monoisotopic (exact) mass is 393 g/mol. The Labute approximate surface area is 166 Å². The van der Waals surface area contributed by atoms with Crippen LogP contribution in [-0.4, -0.2) is 34.6 Å². The number of aryl methyl sites for hydroxylation is 2. The number of aromatic nitrogens is 3. The maximum atomic E-state index is 12.0. The summed E-state index contributed by atoms with van der Waals surface area (Å²) in [6.07, 6.45) is 1.46. The number of nitrogens with zero attached hydrogens (tertiary/aromatic N) is 3. The Bertz CT molecular complexity index is 1220. The van der Waals surface area contributed by atoms with Crippen LogP contribution in [0.4, 0.5) is 0 Å². The molecule has 6 nitrogen and oxygen atoms in total. The molecule has 2 heterocycles. The van der Waals surface area contributed by atoms with Crippen molar-refractivity contribution in [3.63, 3.8) is 0 Å². The number of benzene rings is 2. The highest BCUT2D eigenvalue weighted by molar-refractivity contribution is 7.21. The average Bonchev–Trinajstić information content (AvgIpc) is 3.11. The number of ether oxygens (including phenoxy) is 2. The topological polar surface area (TPSA) is 74.2 Å². The first-order valence-corrected chi connectivity index (χ1v) is 9.72. The molecule has 4 rings (SSSR count). The van der Waals surface area contributed by atoms with Crippen LogP contribution < -0.4 is 4.74 Å². The predicted molar refractivity (Wildman–Crippen MR) is 110 cm³/mol. The lowest BCUT2D eigenvalue weighted by Crippen LogP contribution is -2.08. The minimum absolute atomic E-state index is 0.204. The molecular weight excluding hydrogens is 374 g/mol. The molecule has 2 aromatic carbocycles. The molecule has 0 spiro atoms. The van der Waals surface area contributed by atoms with E-state index in [4.69, 9.17) is 14.5 Å². The van der Waals surface area contributed by atoms with E-state index in [2.05, 4.69) is 9.97 Å².